The molecule has 13 heavy (non-hydrogen) atoms. The smallest absolute Gasteiger partial charge is 0.255 e. The number of rotatable bonds is 2. The summed E-state index contributed by atoms with van der Waals surface area (Å²) in [5.74, 6) is 1.93. The van der Waals surface area contributed by atoms with E-state index in [2.05, 4.69) is 16.9 Å². The molecule has 1 aromatic rings. The molecule has 2 rings (SSSR count). The summed E-state index contributed by atoms with van der Waals surface area (Å²) in [6.45, 7) is 2.41. The predicted octanol–water partition coefficient (Wildman–Crippen LogP) is 0.352. The van der Waals surface area contributed by atoms with Gasteiger partial charge in [-0.1, -0.05) is 6.92 Å². The van der Waals surface area contributed by atoms with Crippen molar-refractivity contribution in [1.29, 1.82) is 0 Å². The summed E-state index contributed by atoms with van der Waals surface area (Å²) in [6, 6.07) is 0. The minimum atomic E-state index is -0.0911. The Kier molecular flexibility index (Phi) is 1.92. The highest BCUT2D eigenvalue weighted by molar-refractivity contribution is 5.12. The van der Waals surface area contributed by atoms with E-state index < -0.39 is 0 Å². The van der Waals surface area contributed by atoms with Crippen molar-refractivity contribution in [2.24, 2.45) is 11.7 Å². The second kappa shape index (κ2) is 2.96. The topological polar surface area (TPSA) is 71.8 Å². The second-order valence-electron chi connectivity index (χ2n) is 3.65. The molecule has 0 amide bonds. The van der Waals surface area contributed by atoms with Crippen molar-refractivity contribution in [3.8, 4) is 0 Å². The summed E-state index contributed by atoms with van der Waals surface area (Å²) in [7, 11) is 0. The molecule has 2 unspecified atom stereocenters. The maximum atomic E-state index is 11.3. The van der Waals surface area contributed by atoms with Gasteiger partial charge in [-0.2, -0.15) is 0 Å². The van der Waals surface area contributed by atoms with Crippen molar-refractivity contribution < 1.29 is 0 Å². The van der Waals surface area contributed by atoms with Crippen molar-refractivity contribution >= 4 is 0 Å². The third kappa shape index (κ3) is 1.49. The molecule has 3 N–H and O–H groups in total. The Hall–Kier alpha value is -1.16. The van der Waals surface area contributed by atoms with Crippen LogP contribution in [0.25, 0.3) is 0 Å². The Morgan fingerprint density at radius 2 is 2.46 bits per heavy atom. The fourth-order valence-electron chi connectivity index (χ4n) is 1.47. The first-order valence-electron chi connectivity index (χ1n) is 4.50. The van der Waals surface area contributed by atoms with Gasteiger partial charge in [0.25, 0.3) is 5.56 Å². The minimum absolute atomic E-state index is 0.0911. The SMILES string of the molecule is CC1CC1c1ncc(CN)c(=O)[nH]1. The molecule has 0 aromatic carbocycles. The summed E-state index contributed by atoms with van der Waals surface area (Å²) in [6.07, 6.45) is 2.71. The van der Waals surface area contributed by atoms with Crippen LogP contribution < -0.4 is 11.3 Å². The number of nitrogens with two attached hydrogens (primary N) is 1. The fraction of sp³-hybridized carbons (Fsp3) is 0.556. The van der Waals surface area contributed by atoms with E-state index in [1.807, 2.05) is 0 Å². The lowest BCUT2D eigenvalue weighted by Crippen LogP contribution is -2.18. The molecule has 1 saturated carbocycles. The van der Waals surface area contributed by atoms with E-state index in [9.17, 15) is 4.79 Å². The van der Waals surface area contributed by atoms with Crippen LogP contribution in [0.4, 0.5) is 0 Å². The molecule has 70 valence electrons. The second-order valence-corrected chi connectivity index (χ2v) is 3.65. The molecule has 0 spiro atoms. The summed E-state index contributed by atoms with van der Waals surface area (Å²) in [5, 5.41) is 0. The molecule has 0 aliphatic heterocycles. The zero-order valence-electron chi connectivity index (χ0n) is 7.58. The Morgan fingerprint density at radius 1 is 1.77 bits per heavy atom. The molecule has 0 radical (unpaired) electrons. The maximum Gasteiger partial charge on any atom is 0.255 e. The first-order valence-corrected chi connectivity index (χ1v) is 4.50. The van der Waals surface area contributed by atoms with Gasteiger partial charge >= 0.3 is 0 Å². The number of nitrogens with zero attached hydrogens (tertiary/aromatic N) is 1. The standard InChI is InChI=1S/C9H13N3O/c1-5-2-7(5)8-11-4-6(3-10)9(13)12-8/h4-5,7H,2-3,10H2,1H3,(H,11,12,13). The van der Waals surface area contributed by atoms with Crippen molar-refractivity contribution in [3.63, 3.8) is 0 Å². The molecule has 4 heteroatoms. The highest BCUT2D eigenvalue weighted by atomic mass is 16.1. The normalized spacial score (nSPS) is 26.0. The van der Waals surface area contributed by atoms with Crippen molar-refractivity contribution in [2.45, 2.75) is 25.8 Å². The average Bonchev–Trinajstić information content (AvgIpc) is 2.82. The quantitative estimate of drug-likeness (QED) is 0.688. The third-order valence-corrected chi connectivity index (χ3v) is 2.57. The number of nitrogens with one attached hydrogen (secondary N) is 1. The summed E-state index contributed by atoms with van der Waals surface area (Å²) >= 11 is 0. The zero-order chi connectivity index (χ0) is 9.42. The Balaban J connectivity index is 2.31. The Labute approximate surface area is 76.2 Å². The van der Waals surface area contributed by atoms with Crippen LogP contribution in [-0.4, -0.2) is 9.97 Å². The van der Waals surface area contributed by atoms with Crippen molar-refractivity contribution in [3.05, 3.63) is 27.9 Å². The molecule has 2 atom stereocenters. The molecule has 4 nitrogen and oxygen atoms in total. The predicted molar refractivity (Wildman–Crippen MR) is 49.3 cm³/mol. The lowest BCUT2D eigenvalue weighted by atomic mass is 10.3. The highest BCUT2D eigenvalue weighted by Gasteiger charge is 2.36. The van der Waals surface area contributed by atoms with Crippen molar-refractivity contribution in [2.75, 3.05) is 0 Å². The van der Waals surface area contributed by atoms with Crippen LogP contribution in [0.5, 0.6) is 0 Å². The maximum absolute atomic E-state index is 11.3. The van der Waals surface area contributed by atoms with E-state index in [-0.39, 0.29) is 12.1 Å². The highest BCUT2D eigenvalue weighted by Crippen LogP contribution is 2.44. The molecule has 1 aliphatic carbocycles. The number of aromatic amines is 1. The summed E-state index contributed by atoms with van der Waals surface area (Å²) in [5.41, 5.74) is 5.82. The van der Waals surface area contributed by atoms with Crippen LogP contribution in [0.15, 0.2) is 11.0 Å². The zero-order valence-corrected chi connectivity index (χ0v) is 7.58. The van der Waals surface area contributed by atoms with Gasteiger partial charge in [-0.3, -0.25) is 4.79 Å². The number of hydrogen-bond acceptors (Lipinski definition) is 3. The molecule has 1 aliphatic rings. The van der Waals surface area contributed by atoms with Gasteiger partial charge < -0.3 is 10.7 Å². The van der Waals surface area contributed by atoms with Gasteiger partial charge in [0.05, 0.1) is 0 Å². The third-order valence-electron chi connectivity index (χ3n) is 2.57. The van der Waals surface area contributed by atoms with Crippen LogP contribution in [0.2, 0.25) is 0 Å². The van der Waals surface area contributed by atoms with Gasteiger partial charge in [-0.15, -0.1) is 0 Å². The average molecular weight is 179 g/mol. The van der Waals surface area contributed by atoms with Crippen LogP contribution in [-0.2, 0) is 6.54 Å². The van der Waals surface area contributed by atoms with E-state index in [1.165, 1.54) is 0 Å². The number of H-pyrrole nitrogens is 1. The van der Waals surface area contributed by atoms with Gasteiger partial charge in [-0.05, 0) is 12.3 Å². The molecular formula is C9H13N3O. The molecule has 0 bridgehead atoms. The van der Waals surface area contributed by atoms with Gasteiger partial charge in [0.1, 0.15) is 5.82 Å². The summed E-state index contributed by atoms with van der Waals surface area (Å²) < 4.78 is 0. The lowest BCUT2D eigenvalue weighted by Gasteiger charge is -1.99. The molecule has 1 aromatic heterocycles. The Morgan fingerprint density at radius 3 is 2.92 bits per heavy atom. The lowest BCUT2D eigenvalue weighted by molar-refractivity contribution is 0.818. The van der Waals surface area contributed by atoms with E-state index in [0.29, 0.717) is 17.4 Å². The van der Waals surface area contributed by atoms with E-state index in [4.69, 9.17) is 5.73 Å². The van der Waals surface area contributed by atoms with E-state index in [0.717, 1.165) is 12.2 Å². The molecule has 1 heterocycles. The van der Waals surface area contributed by atoms with Crippen LogP contribution in [0.1, 0.15) is 30.7 Å². The first-order chi connectivity index (χ1) is 6.22. The Bertz CT molecular complexity index is 371. The van der Waals surface area contributed by atoms with E-state index in [1.54, 1.807) is 6.20 Å². The van der Waals surface area contributed by atoms with Gasteiger partial charge in [0.15, 0.2) is 0 Å². The van der Waals surface area contributed by atoms with Crippen LogP contribution in [0, 0.1) is 5.92 Å². The van der Waals surface area contributed by atoms with Crippen LogP contribution >= 0.6 is 0 Å². The molecule has 0 saturated heterocycles. The summed E-state index contributed by atoms with van der Waals surface area (Å²) in [4.78, 5) is 18.3. The van der Waals surface area contributed by atoms with Crippen molar-refractivity contribution in [1.82, 2.24) is 9.97 Å². The minimum Gasteiger partial charge on any atom is -0.326 e. The number of aromatic nitrogens is 2. The molecule has 1 fully saturated rings. The van der Waals surface area contributed by atoms with Gasteiger partial charge in [0.2, 0.25) is 0 Å². The largest absolute Gasteiger partial charge is 0.326 e. The number of hydrogen-bond donors (Lipinski definition) is 2. The first kappa shape index (κ1) is 8.44. The van der Waals surface area contributed by atoms with Crippen LogP contribution in [0.3, 0.4) is 0 Å². The monoisotopic (exact) mass is 179 g/mol. The van der Waals surface area contributed by atoms with Gasteiger partial charge in [0, 0.05) is 24.2 Å². The fourth-order valence-corrected chi connectivity index (χ4v) is 1.47. The van der Waals surface area contributed by atoms with E-state index >= 15 is 0 Å². The van der Waals surface area contributed by atoms with Gasteiger partial charge in [-0.25, -0.2) is 4.98 Å². The molecular weight excluding hydrogens is 166 g/mol.